The fourth-order valence-electron chi connectivity index (χ4n) is 2.24. The maximum Gasteiger partial charge on any atom is 0.306 e. The van der Waals surface area contributed by atoms with Gasteiger partial charge in [0.15, 0.2) is 0 Å². The van der Waals surface area contributed by atoms with Crippen molar-refractivity contribution in [1.29, 1.82) is 0 Å². The Labute approximate surface area is 123 Å². The van der Waals surface area contributed by atoms with Gasteiger partial charge in [0, 0.05) is 18.5 Å². The summed E-state index contributed by atoms with van der Waals surface area (Å²) in [5.41, 5.74) is 1.58. The van der Waals surface area contributed by atoms with Gasteiger partial charge >= 0.3 is 5.97 Å². The summed E-state index contributed by atoms with van der Waals surface area (Å²) in [5.74, 6) is 4.81. The molecule has 0 spiro atoms. The lowest BCUT2D eigenvalue weighted by Gasteiger charge is -2.21. The SMILES string of the molecule is NN=Cc1ccc(NC(=O)CCC2CCCC(=O)O2)cc1. The van der Waals surface area contributed by atoms with Crippen LogP contribution in [0.3, 0.4) is 0 Å². The zero-order valence-corrected chi connectivity index (χ0v) is 11.7. The summed E-state index contributed by atoms with van der Waals surface area (Å²) in [6.07, 6.45) is 4.48. The van der Waals surface area contributed by atoms with Crippen molar-refractivity contribution in [2.45, 2.75) is 38.2 Å². The molecule has 1 aromatic carbocycles. The third kappa shape index (κ3) is 4.91. The van der Waals surface area contributed by atoms with E-state index in [1.165, 1.54) is 6.21 Å². The number of nitrogens with two attached hydrogens (primary N) is 1. The molecule has 2 rings (SSSR count). The first kappa shape index (κ1) is 15.0. The van der Waals surface area contributed by atoms with Gasteiger partial charge in [-0.2, -0.15) is 5.10 Å². The molecular formula is C15H19N3O3. The van der Waals surface area contributed by atoms with E-state index in [9.17, 15) is 9.59 Å². The molecule has 1 atom stereocenters. The summed E-state index contributed by atoms with van der Waals surface area (Å²) in [4.78, 5) is 23.0. The molecule has 1 heterocycles. The molecule has 21 heavy (non-hydrogen) atoms. The standard InChI is InChI=1S/C15H19N3O3/c16-17-10-11-4-6-12(7-5-11)18-14(19)9-8-13-2-1-3-15(20)21-13/h4-7,10,13H,1-3,8-9,16H2,(H,18,19). The van der Waals surface area contributed by atoms with Crippen LogP contribution in [0.15, 0.2) is 29.4 Å². The van der Waals surface area contributed by atoms with Gasteiger partial charge in [-0.05, 0) is 37.0 Å². The highest BCUT2D eigenvalue weighted by Gasteiger charge is 2.20. The summed E-state index contributed by atoms with van der Waals surface area (Å²) in [7, 11) is 0. The van der Waals surface area contributed by atoms with Crippen molar-refractivity contribution in [1.82, 2.24) is 0 Å². The lowest BCUT2D eigenvalue weighted by atomic mass is 10.0. The molecule has 3 N–H and O–H groups in total. The fourth-order valence-corrected chi connectivity index (χ4v) is 2.24. The van der Waals surface area contributed by atoms with Crippen LogP contribution in [0, 0.1) is 0 Å². The van der Waals surface area contributed by atoms with Crippen LogP contribution < -0.4 is 11.2 Å². The molecule has 1 saturated heterocycles. The number of hydrogen-bond acceptors (Lipinski definition) is 5. The van der Waals surface area contributed by atoms with Crippen molar-refractivity contribution in [2.24, 2.45) is 10.9 Å². The number of nitrogens with zero attached hydrogens (tertiary/aromatic N) is 1. The Morgan fingerprint density at radius 1 is 1.43 bits per heavy atom. The van der Waals surface area contributed by atoms with Gasteiger partial charge in [0.25, 0.3) is 0 Å². The van der Waals surface area contributed by atoms with Gasteiger partial charge in [-0.3, -0.25) is 9.59 Å². The van der Waals surface area contributed by atoms with Crippen molar-refractivity contribution >= 4 is 23.8 Å². The van der Waals surface area contributed by atoms with Crippen LogP contribution in [0.1, 0.15) is 37.7 Å². The number of hydrogen-bond donors (Lipinski definition) is 2. The van der Waals surface area contributed by atoms with Gasteiger partial charge in [0.05, 0.1) is 6.21 Å². The van der Waals surface area contributed by atoms with Crippen LogP contribution in [0.2, 0.25) is 0 Å². The second-order valence-electron chi connectivity index (χ2n) is 4.99. The van der Waals surface area contributed by atoms with Crippen LogP contribution in [0.25, 0.3) is 0 Å². The number of carbonyl (C=O) groups is 2. The Morgan fingerprint density at radius 2 is 2.19 bits per heavy atom. The summed E-state index contributed by atoms with van der Waals surface area (Å²) in [6, 6.07) is 7.20. The molecule has 0 aromatic heterocycles. The van der Waals surface area contributed by atoms with Gasteiger partial charge in [-0.1, -0.05) is 12.1 Å². The van der Waals surface area contributed by atoms with E-state index in [0.29, 0.717) is 19.3 Å². The third-order valence-electron chi connectivity index (χ3n) is 3.32. The summed E-state index contributed by atoms with van der Waals surface area (Å²) >= 11 is 0. The van der Waals surface area contributed by atoms with Crippen LogP contribution in [0.5, 0.6) is 0 Å². The molecule has 1 aromatic rings. The fraction of sp³-hybridized carbons (Fsp3) is 0.400. The molecule has 1 aliphatic heterocycles. The minimum atomic E-state index is -0.163. The first-order valence-electron chi connectivity index (χ1n) is 7.00. The number of ether oxygens (including phenoxy) is 1. The average molecular weight is 289 g/mol. The number of nitrogens with one attached hydrogen (secondary N) is 1. The van der Waals surface area contributed by atoms with Crippen molar-refractivity contribution in [3.63, 3.8) is 0 Å². The van der Waals surface area contributed by atoms with Crippen molar-refractivity contribution in [2.75, 3.05) is 5.32 Å². The normalized spacial score (nSPS) is 18.5. The molecule has 0 aliphatic carbocycles. The second kappa shape index (κ2) is 7.42. The van der Waals surface area contributed by atoms with E-state index in [4.69, 9.17) is 10.6 Å². The van der Waals surface area contributed by atoms with E-state index in [0.717, 1.165) is 24.1 Å². The van der Waals surface area contributed by atoms with Crippen LogP contribution >= 0.6 is 0 Å². The third-order valence-corrected chi connectivity index (χ3v) is 3.32. The molecule has 1 fully saturated rings. The number of hydrazone groups is 1. The first-order valence-corrected chi connectivity index (χ1v) is 7.00. The lowest BCUT2D eigenvalue weighted by Crippen LogP contribution is -2.25. The highest BCUT2D eigenvalue weighted by molar-refractivity contribution is 5.91. The van der Waals surface area contributed by atoms with E-state index in [1.54, 1.807) is 12.1 Å². The Hall–Kier alpha value is -2.37. The average Bonchev–Trinajstić information content (AvgIpc) is 2.48. The summed E-state index contributed by atoms with van der Waals surface area (Å²) in [5, 5.41) is 6.24. The number of anilines is 1. The van der Waals surface area contributed by atoms with E-state index in [2.05, 4.69) is 10.4 Å². The topological polar surface area (TPSA) is 93.8 Å². The van der Waals surface area contributed by atoms with E-state index < -0.39 is 0 Å². The maximum atomic E-state index is 11.8. The molecule has 0 radical (unpaired) electrons. The zero-order chi connectivity index (χ0) is 15.1. The predicted octanol–water partition coefficient (Wildman–Crippen LogP) is 1.79. The number of carbonyl (C=O) groups excluding carboxylic acids is 2. The Kier molecular flexibility index (Phi) is 5.31. The first-order chi connectivity index (χ1) is 10.2. The van der Waals surface area contributed by atoms with Gasteiger partial charge < -0.3 is 15.9 Å². The summed E-state index contributed by atoms with van der Waals surface area (Å²) < 4.78 is 5.18. The highest BCUT2D eigenvalue weighted by Crippen LogP contribution is 2.18. The van der Waals surface area contributed by atoms with Gasteiger partial charge in [-0.15, -0.1) is 0 Å². The van der Waals surface area contributed by atoms with E-state index in [-0.39, 0.29) is 18.0 Å². The maximum absolute atomic E-state index is 11.8. The van der Waals surface area contributed by atoms with Gasteiger partial charge in [-0.25, -0.2) is 0 Å². The summed E-state index contributed by atoms with van der Waals surface area (Å²) in [6.45, 7) is 0. The number of rotatable bonds is 5. The molecule has 6 heteroatoms. The molecule has 1 unspecified atom stereocenters. The quantitative estimate of drug-likeness (QED) is 0.374. The molecule has 1 aliphatic rings. The molecular weight excluding hydrogens is 270 g/mol. The van der Waals surface area contributed by atoms with Gasteiger partial charge in [0.1, 0.15) is 6.10 Å². The Bertz CT molecular complexity index is 525. The Morgan fingerprint density at radius 3 is 2.86 bits per heavy atom. The van der Waals surface area contributed by atoms with E-state index >= 15 is 0 Å². The number of benzene rings is 1. The molecule has 112 valence electrons. The minimum absolute atomic E-state index is 0.0862. The van der Waals surface area contributed by atoms with Crippen LogP contribution in [-0.4, -0.2) is 24.2 Å². The Balaban J connectivity index is 1.77. The molecule has 0 saturated carbocycles. The number of cyclic esters (lactones) is 1. The largest absolute Gasteiger partial charge is 0.462 e. The van der Waals surface area contributed by atoms with E-state index in [1.807, 2.05) is 12.1 Å². The smallest absolute Gasteiger partial charge is 0.306 e. The van der Waals surface area contributed by atoms with Crippen LogP contribution in [0.4, 0.5) is 5.69 Å². The molecule has 0 bridgehead atoms. The molecule has 6 nitrogen and oxygen atoms in total. The second-order valence-corrected chi connectivity index (χ2v) is 4.99. The zero-order valence-electron chi connectivity index (χ0n) is 11.7. The number of esters is 1. The van der Waals surface area contributed by atoms with Gasteiger partial charge in [0.2, 0.25) is 5.91 Å². The lowest BCUT2D eigenvalue weighted by molar-refractivity contribution is -0.154. The number of amides is 1. The highest BCUT2D eigenvalue weighted by atomic mass is 16.5. The minimum Gasteiger partial charge on any atom is -0.462 e. The monoisotopic (exact) mass is 289 g/mol. The predicted molar refractivity (Wildman–Crippen MR) is 79.8 cm³/mol. The van der Waals surface area contributed by atoms with Crippen molar-refractivity contribution in [3.8, 4) is 0 Å². The van der Waals surface area contributed by atoms with Crippen molar-refractivity contribution in [3.05, 3.63) is 29.8 Å². The molecule has 1 amide bonds. The van der Waals surface area contributed by atoms with Crippen LogP contribution in [-0.2, 0) is 14.3 Å². The van der Waals surface area contributed by atoms with Crippen molar-refractivity contribution < 1.29 is 14.3 Å².